The quantitative estimate of drug-likeness (QED) is 0.399. The minimum Gasteiger partial charge on any atom is -0.338 e. The van der Waals surface area contributed by atoms with Crippen molar-refractivity contribution in [1.29, 1.82) is 0 Å². The predicted octanol–water partition coefficient (Wildman–Crippen LogP) is 2.49. The van der Waals surface area contributed by atoms with Crippen LogP contribution in [0.2, 0.25) is 0 Å². The third-order valence-electron chi connectivity index (χ3n) is 6.02. The summed E-state index contributed by atoms with van der Waals surface area (Å²) in [6, 6.07) is 3.66. The standard InChI is InChI=1S/C19H25N5O5S/c1-13(21-22-20)14(2)24-17-7-6-15(30(26,27)23-8-3-4-9-23)12-16(17)19(18(24)25)28-10-5-11-29-19/h6-7,12-14H,3-5,8-11H2,1-2H3. The summed E-state index contributed by atoms with van der Waals surface area (Å²) >= 11 is 0. The molecule has 1 spiro atoms. The Bertz CT molecular complexity index is 995. The fourth-order valence-corrected chi connectivity index (χ4v) is 5.76. The first-order valence-corrected chi connectivity index (χ1v) is 11.6. The number of carbonyl (C=O) groups is 1. The van der Waals surface area contributed by atoms with Crippen LogP contribution in [0.25, 0.3) is 10.4 Å². The highest BCUT2D eigenvalue weighted by Gasteiger charge is 2.56. The van der Waals surface area contributed by atoms with E-state index < -0.39 is 33.8 Å². The van der Waals surface area contributed by atoms with E-state index in [1.165, 1.54) is 21.3 Å². The van der Waals surface area contributed by atoms with Gasteiger partial charge in [0.05, 0.1) is 29.8 Å². The lowest BCUT2D eigenvalue weighted by molar-refractivity contribution is -0.257. The first kappa shape index (κ1) is 21.1. The molecule has 0 radical (unpaired) electrons. The molecule has 2 fully saturated rings. The Balaban J connectivity index is 1.82. The number of carbonyl (C=O) groups excluding carboxylic acids is 1. The van der Waals surface area contributed by atoms with E-state index in [0.29, 0.717) is 44.0 Å². The Morgan fingerprint density at radius 2 is 1.83 bits per heavy atom. The molecule has 0 saturated carbocycles. The van der Waals surface area contributed by atoms with Crippen LogP contribution in [0.5, 0.6) is 0 Å². The molecule has 162 valence electrons. The fraction of sp³-hybridized carbons (Fsp3) is 0.632. The maximum absolute atomic E-state index is 13.5. The maximum atomic E-state index is 13.5. The van der Waals surface area contributed by atoms with E-state index in [0.717, 1.165) is 12.8 Å². The number of benzene rings is 1. The van der Waals surface area contributed by atoms with Crippen molar-refractivity contribution >= 4 is 21.6 Å². The number of fused-ring (bicyclic) bond motifs is 2. The van der Waals surface area contributed by atoms with Crippen molar-refractivity contribution in [3.05, 3.63) is 34.2 Å². The molecular formula is C19H25N5O5S. The number of azide groups is 1. The summed E-state index contributed by atoms with van der Waals surface area (Å²) in [5, 5.41) is 3.72. The third-order valence-corrected chi connectivity index (χ3v) is 7.92. The van der Waals surface area contributed by atoms with Gasteiger partial charge in [0.2, 0.25) is 10.0 Å². The van der Waals surface area contributed by atoms with Gasteiger partial charge in [-0.15, -0.1) is 0 Å². The first-order valence-electron chi connectivity index (χ1n) is 10.1. The maximum Gasteiger partial charge on any atom is 0.292 e. The predicted molar refractivity (Wildman–Crippen MR) is 108 cm³/mol. The number of hydrogen-bond donors (Lipinski definition) is 0. The molecule has 3 aliphatic heterocycles. The number of anilines is 1. The normalized spacial score (nSPS) is 23.3. The number of rotatable bonds is 5. The van der Waals surface area contributed by atoms with Gasteiger partial charge in [0.15, 0.2) is 0 Å². The summed E-state index contributed by atoms with van der Waals surface area (Å²) in [6.45, 7) is 5.12. The van der Waals surface area contributed by atoms with Crippen LogP contribution in [0.15, 0.2) is 28.2 Å². The van der Waals surface area contributed by atoms with Crippen LogP contribution in [-0.4, -0.2) is 57.0 Å². The summed E-state index contributed by atoms with van der Waals surface area (Å²) < 4.78 is 39.3. The molecule has 3 heterocycles. The molecule has 0 N–H and O–H groups in total. The van der Waals surface area contributed by atoms with Crippen LogP contribution in [-0.2, 0) is 30.1 Å². The number of sulfonamides is 1. The SMILES string of the molecule is CC(N=[N+]=[N-])C(C)N1C(=O)C2(OCCCO2)c2cc(S(=O)(=O)N3CCCC3)ccc21. The molecule has 2 unspecified atom stereocenters. The van der Waals surface area contributed by atoms with Gasteiger partial charge in [0.1, 0.15) is 0 Å². The van der Waals surface area contributed by atoms with Crippen molar-refractivity contribution in [1.82, 2.24) is 4.31 Å². The van der Waals surface area contributed by atoms with Crippen LogP contribution in [0.1, 0.15) is 38.7 Å². The molecule has 1 aromatic carbocycles. The molecule has 4 rings (SSSR count). The largest absolute Gasteiger partial charge is 0.338 e. The third kappa shape index (κ3) is 3.17. The Labute approximate surface area is 175 Å². The molecule has 10 nitrogen and oxygen atoms in total. The average Bonchev–Trinajstić information content (AvgIpc) is 3.36. The first-order chi connectivity index (χ1) is 14.3. The van der Waals surface area contributed by atoms with E-state index in [1.54, 1.807) is 19.9 Å². The summed E-state index contributed by atoms with van der Waals surface area (Å²) in [4.78, 5) is 17.9. The van der Waals surface area contributed by atoms with Gasteiger partial charge in [-0.05, 0) is 49.9 Å². The second-order valence-electron chi connectivity index (χ2n) is 7.82. The second kappa shape index (κ2) is 7.82. The molecule has 1 amide bonds. The molecule has 0 aromatic heterocycles. The molecule has 0 aliphatic carbocycles. The van der Waals surface area contributed by atoms with Crippen molar-refractivity contribution < 1.29 is 22.7 Å². The monoisotopic (exact) mass is 435 g/mol. The van der Waals surface area contributed by atoms with Crippen LogP contribution >= 0.6 is 0 Å². The lowest BCUT2D eigenvalue weighted by atomic mass is 10.1. The van der Waals surface area contributed by atoms with Gasteiger partial charge in [0, 0.05) is 29.6 Å². The van der Waals surface area contributed by atoms with E-state index in [4.69, 9.17) is 15.0 Å². The Morgan fingerprint density at radius 3 is 2.47 bits per heavy atom. The Kier molecular flexibility index (Phi) is 5.50. The van der Waals surface area contributed by atoms with Crippen LogP contribution in [0, 0.1) is 0 Å². The number of ether oxygens (including phenoxy) is 2. The summed E-state index contributed by atoms with van der Waals surface area (Å²) in [5.74, 6) is -2.10. The number of nitrogens with zero attached hydrogens (tertiary/aromatic N) is 5. The van der Waals surface area contributed by atoms with E-state index >= 15 is 0 Å². The zero-order valence-electron chi connectivity index (χ0n) is 17.0. The molecule has 3 aliphatic rings. The van der Waals surface area contributed by atoms with E-state index in [2.05, 4.69) is 10.0 Å². The lowest BCUT2D eigenvalue weighted by Crippen LogP contribution is -2.51. The molecule has 11 heteroatoms. The Morgan fingerprint density at radius 1 is 1.17 bits per heavy atom. The highest BCUT2D eigenvalue weighted by molar-refractivity contribution is 7.89. The molecular weight excluding hydrogens is 410 g/mol. The van der Waals surface area contributed by atoms with Gasteiger partial charge in [-0.1, -0.05) is 12.0 Å². The Hall–Kier alpha value is -2.17. The van der Waals surface area contributed by atoms with Crippen molar-refractivity contribution in [2.45, 2.75) is 55.9 Å². The zero-order valence-corrected chi connectivity index (χ0v) is 17.8. The van der Waals surface area contributed by atoms with Crippen molar-refractivity contribution in [2.75, 3.05) is 31.2 Å². The van der Waals surface area contributed by atoms with Gasteiger partial charge in [-0.3, -0.25) is 4.79 Å². The number of amides is 1. The van der Waals surface area contributed by atoms with Crippen molar-refractivity contribution in [2.24, 2.45) is 5.11 Å². The highest BCUT2D eigenvalue weighted by Crippen LogP contribution is 2.47. The lowest BCUT2D eigenvalue weighted by Gasteiger charge is -2.34. The topological polar surface area (TPSA) is 125 Å². The molecule has 30 heavy (non-hydrogen) atoms. The van der Waals surface area contributed by atoms with E-state index in [9.17, 15) is 13.2 Å². The van der Waals surface area contributed by atoms with Gasteiger partial charge < -0.3 is 14.4 Å². The van der Waals surface area contributed by atoms with E-state index in [-0.39, 0.29) is 4.90 Å². The van der Waals surface area contributed by atoms with Crippen LogP contribution in [0.3, 0.4) is 0 Å². The van der Waals surface area contributed by atoms with Crippen molar-refractivity contribution in [3.8, 4) is 0 Å². The zero-order chi connectivity index (χ0) is 21.5. The molecule has 2 saturated heterocycles. The van der Waals surface area contributed by atoms with Crippen LogP contribution < -0.4 is 4.90 Å². The van der Waals surface area contributed by atoms with E-state index in [1.807, 2.05) is 0 Å². The molecule has 2 atom stereocenters. The summed E-state index contributed by atoms with van der Waals surface area (Å²) in [6.07, 6.45) is 2.31. The second-order valence-corrected chi connectivity index (χ2v) is 9.76. The van der Waals surface area contributed by atoms with Gasteiger partial charge >= 0.3 is 0 Å². The summed E-state index contributed by atoms with van der Waals surface area (Å²) in [7, 11) is -3.67. The average molecular weight is 436 g/mol. The number of hydrogen-bond acceptors (Lipinski definition) is 6. The van der Waals surface area contributed by atoms with Gasteiger partial charge in [-0.25, -0.2) is 8.42 Å². The summed E-state index contributed by atoms with van der Waals surface area (Å²) in [5.41, 5.74) is 9.69. The minimum absolute atomic E-state index is 0.116. The highest BCUT2D eigenvalue weighted by atomic mass is 32.2. The van der Waals surface area contributed by atoms with Gasteiger partial charge in [-0.2, -0.15) is 4.31 Å². The van der Waals surface area contributed by atoms with Crippen molar-refractivity contribution in [3.63, 3.8) is 0 Å². The minimum atomic E-state index is -3.67. The smallest absolute Gasteiger partial charge is 0.292 e. The van der Waals surface area contributed by atoms with Gasteiger partial charge in [0.25, 0.3) is 11.7 Å². The molecule has 0 bridgehead atoms. The van der Waals surface area contributed by atoms with Crippen LogP contribution in [0.4, 0.5) is 5.69 Å². The fourth-order valence-electron chi connectivity index (χ4n) is 4.22. The molecule has 1 aromatic rings.